The van der Waals surface area contributed by atoms with Gasteiger partial charge in [0.15, 0.2) is 11.5 Å². The van der Waals surface area contributed by atoms with Gasteiger partial charge in [-0.05, 0) is 67.4 Å². The van der Waals surface area contributed by atoms with Gasteiger partial charge in [0, 0.05) is 35.1 Å². The number of benzene rings is 4. The number of carbonyl (C=O) groups excluding carboxylic acids is 2. The molecule has 0 spiro atoms. The average molecular weight is 729 g/mol. The molecule has 1 unspecified atom stereocenters. The second-order valence-electron chi connectivity index (χ2n) is 11.4. The second-order valence-corrected chi connectivity index (χ2v) is 14.1. The number of methoxy groups -OCH3 is 3. The molecular weight excluding hydrogens is 689 g/mol. The van der Waals surface area contributed by atoms with Gasteiger partial charge >= 0.3 is 0 Å². The minimum atomic E-state index is -4.50. The summed E-state index contributed by atoms with van der Waals surface area (Å²) in [4.78, 5) is 29.8. The highest BCUT2D eigenvalue weighted by Gasteiger charge is 2.36. The first-order valence-electron chi connectivity index (χ1n) is 15.3. The van der Waals surface area contributed by atoms with Gasteiger partial charge < -0.3 is 24.4 Å². The number of nitrogens with one attached hydrogen (secondary N) is 1. The summed E-state index contributed by atoms with van der Waals surface area (Å²) in [5, 5.41) is 3.59. The molecule has 2 amide bonds. The molecule has 0 aliphatic heterocycles. The van der Waals surface area contributed by atoms with Gasteiger partial charge in [-0.25, -0.2) is 8.42 Å². The zero-order chi connectivity index (χ0) is 35.7. The van der Waals surface area contributed by atoms with Crippen LogP contribution < -0.4 is 23.8 Å². The van der Waals surface area contributed by atoms with Crippen LogP contribution in [0, 0.1) is 0 Å². The Morgan fingerprint density at radius 2 is 1.39 bits per heavy atom. The van der Waals surface area contributed by atoms with Crippen molar-refractivity contribution in [3.05, 3.63) is 112 Å². The number of hydrogen-bond acceptors (Lipinski definition) is 7. The van der Waals surface area contributed by atoms with Crippen LogP contribution in [0.5, 0.6) is 17.2 Å². The number of rotatable bonds is 15. The second kappa shape index (κ2) is 16.8. The number of hydrogen-bond donors (Lipinski definition) is 1. The van der Waals surface area contributed by atoms with Crippen molar-refractivity contribution >= 4 is 50.7 Å². The molecule has 0 aliphatic carbocycles. The summed E-state index contributed by atoms with van der Waals surface area (Å²) in [7, 11) is -0.299. The lowest BCUT2D eigenvalue weighted by Gasteiger charge is -2.34. The lowest BCUT2D eigenvalue weighted by molar-refractivity contribution is -0.140. The first-order chi connectivity index (χ1) is 23.4. The first-order valence-corrected chi connectivity index (χ1v) is 17.5. The Balaban J connectivity index is 1.89. The van der Waals surface area contributed by atoms with Gasteiger partial charge in [0.2, 0.25) is 11.8 Å². The zero-order valence-electron chi connectivity index (χ0n) is 27.9. The summed E-state index contributed by atoms with van der Waals surface area (Å²) in [6, 6.07) is 23.5. The molecule has 0 saturated heterocycles. The Hall–Kier alpha value is -4.45. The Labute approximate surface area is 297 Å². The number of amides is 2. The average Bonchev–Trinajstić information content (AvgIpc) is 3.08. The molecule has 0 radical (unpaired) electrons. The highest BCUT2D eigenvalue weighted by Crippen LogP contribution is 2.37. The summed E-state index contributed by atoms with van der Waals surface area (Å²) < 4.78 is 46.2. The maximum absolute atomic E-state index is 14.7. The van der Waals surface area contributed by atoms with Crippen molar-refractivity contribution < 1.29 is 32.2 Å². The van der Waals surface area contributed by atoms with Crippen LogP contribution in [-0.2, 0) is 32.6 Å². The normalized spacial score (nSPS) is 11.8. The Morgan fingerprint density at radius 1 is 0.755 bits per heavy atom. The van der Waals surface area contributed by atoms with Crippen LogP contribution in [0.1, 0.15) is 25.0 Å². The van der Waals surface area contributed by atoms with Crippen molar-refractivity contribution in [2.45, 2.75) is 43.8 Å². The van der Waals surface area contributed by atoms with Crippen molar-refractivity contribution in [2.24, 2.45) is 0 Å². The Bertz CT molecular complexity index is 1870. The molecule has 0 heterocycles. The van der Waals surface area contributed by atoms with E-state index in [0.717, 1.165) is 9.87 Å². The summed E-state index contributed by atoms with van der Waals surface area (Å²) in [5.74, 6) is -0.420. The number of anilines is 1. The standard InChI is InChI=1S/C36H39Cl2N3O7S/c1-24(2)39-36(43)31(19-25-10-7-6-8-11-25)40(22-26-12-9-13-27(37)18-26)35(42)23-41(30-20-28(38)14-16-32(30)46-3)49(44,45)29-15-17-33(47-4)34(21-29)48-5/h6-18,20-21,24,31H,19,22-23H2,1-5H3,(H,39,43). The molecule has 4 aromatic carbocycles. The van der Waals surface area contributed by atoms with Crippen LogP contribution in [0.25, 0.3) is 0 Å². The fraction of sp³-hybridized carbons (Fsp3) is 0.278. The Morgan fingerprint density at radius 3 is 2.02 bits per heavy atom. The van der Waals surface area contributed by atoms with Crippen molar-refractivity contribution in [3.8, 4) is 17.2 Å². The largest absolute Gasteiger partial charge is 0.495 e. The van der Waals surface area contributed by atoms with Crippen LogP contribution >= 0.6 is 23.2 Å². The third-order valence-corrected chi connectivity index (χ3v) is 9.80. The SMILES string of the molecule is COc1ccc(S(=O)(=O)N(CC(=O)N(Cc2cccc(Cl)c2)C(Cc2ccccc2)C(=O)NC(C)C)c2cc(Cl)ccc2OC)cc1OC. The summed E-state index contributed by atoms with van der Waals surface area (Å²) >= 11 is 12.7. The van der Waals surface area contributed by atoms with E-state index in [1.54, 1.807) is 30.3 Å². The molecule has 4 rings (SSSR count). The van der Waals surface area contributed by atoms with E-state index in [0.29, 0.717) is 16.3 Å². The minimum Gasteiger partial charge on any atom is -0.495 e. The third kappa shape index (κ3) is 9.38. The molecule has 4 aromatic rings. The molecule has 0 saturated carbocycles. The third-order valence-electron chi connectivity index (χ3n) is 7.58. The van der Waals surface area contributed by atoms with Gasteiger partial charge in [-0.15, -0.1) is 0 Å². The predicted molar refractivity (Wildman–Crippen MR) is 191 cm³/mol. The first kappa shape index (κ1) is 37.4. The molecule has 10 nitrogen and oxygen atoms in total. The molecule has 260 valence electrons. The van der Waals surface area contributed by atoms with Gasteiger partial charge in [0.1, 0.15) is 18.3 Å². The van der Waals surface area contributed by atoms with Gasteiger partial charge in [0.05, 0.1) is 31.9 Å². The van der Waals surface area contributed by atoms with Crippen molar-refractivity contribution in [1.29, 1.82) is 0 Å². The number of nitrogens with zero attached hydrogens (tertiary/aromatic N) is 2. The van der Waals surface area contributed by atoms with Gasteiger partial charge in [-0.1, -0.05) is 65.7 Å². The minimum absolute atomic E-state index is 0.0204. The monoisotopic (exact) mass is 727 g/mol. The van der Waals surface area contributed by atoms with Gasteiger partial charge in [-0.2, -0.15) is 0 Å². The predicted octanol–water partition coefficient (Wildman–Crippen LogP) is 6.38. The van der Waals surface area contributed by atoms with Crippen molar-refractivity contribution in [1.82, 2.24) is 10.2 Å². The zero-order valence-corrected chi connectivity index (χ0v) is 30.2. The topological polar surface area (TPSA) is 114 Å². The number of ether oxygens (including phenoxy) is 3. The van der Waals surface area contributed by atoms with E-state index in [-0.39, 0.29) is 46.1 Å². The van der Waals surface area contributed by atoms with Crippen molar-refractivity contribution in [3.63, 3.8) is 0 Å². The summed E-state index contributed by atoms with van der Waals surface area (Å²) in [6.07, 6.45) is 0.161. The fourth-order valence-electron chi connectivity index (χ4n) is 5.24. The van der Waals surface area contributed by atoms with Crippen LogP contribution in [0.4, 0.5) is 5.69 Å². The smallest absolute Gasteiger partial charge is 0.265 e. The van der Waals surface area contributed by atoms with E-state index < -0.39 is 34.4 Å². The molecule has 1 atom stereocenters. The maximum Gasteiger partial charge on any atom is 0.265 e. The molecule has 13 heteroatoms. The number of carbonyl (C=O) groups is 2. The lowest BCUT2D eigenvalue weighted by Crippen LogP contribution is -2.54. The highest BCUT2D eigenvalue weighted by molar-refractivity contribution is 7.92. The fourth-order valence-corrected chi connectivity index (χ4v) is 7.05. The van der Waals surface area contributed by atoms with Crippen LogP contribution in [0.2, 0.25) is 10.0 Å². The van der Waals surface area contributed by atoms with E-state index in [9.17, 15) is 18.0 Å². The van der Waals surface area contributed by atoms with E-state index in [4.69, 9.17) is 37.4 Å². The number of sulfonamides is 1. The molecule has 0 bridgehead atoms. The molecule has 0 aliphatic rings. The van der Waals surface area contributed by atoms with E-state index in [1.807, 2.05) is 44.2 Å². The Kier molecular flexibility index (Phi) is 12.8. The summed E-state index contributed by atoms with van der Waals surface area (Å²) in [5.41, 5.74) is 1.47. The highest BCUT2D eigenvalue weighted by atomic mass is 35.5. The molecule has 49 heavy (non-hydrogen) atoms. The van der Waals surface area contributed by atoms with Crippen molar-refractivity contribution in [2.75, 3.05) is 32.2 Å². The van der Waals surface area contributed by atoms with Crippen LogP contribution in [0.3, 0.4) is 0 Å². The van der Waals surface area contributed by atoms with E-state index in [2.05, 4.69) is 5.32 Å². The van der Waals surface area contributed by atoms with Crippen LogP contribution in [-0.4, -0.2) is 65.1 Å². The van der Waals surface area contributed by atoms with E-state index in [1.165, 1.54) is 56.6 Å². The quantitative estimate of drug-likeness (QED) is 0.151. The molecule has 0 aromatic heterocycles. The molecule has 0 fully saturated rings. The van der Waals surface area contributed by atoms with Gasteiger partial charge in [0.25, 0.3) is 10.0 Å². The number of halogens is 2. The van der Waals surface area contributed by atoms with Crippen LogP contribution in [0.15, 0.2) is 95.9 Å². The van der Waals surface area contributed by atoms with E-state index >= 15 is 0 Å². The van der Waals surface area contributed by atoms with Gasteiger partial charge in [-0.3, -0.25) is 13.9 Å². The lowest BCUT2D eigenvalue weighted by atomic mass is 10.0. The molecule has 1 N–H and O–H groups in total. The maximum atomic E-state index is 14.7. The summed E-state index contributed by atoms with van der Waals surface area (Å²) in [6.45, 7) is 2.89. The molecular formula is C36H39Cl2N3O7S.